The maximum Gasteiger partial charge on any atom is 0.311 e. The number of allylic oxidation sites excluding steroid dienone is 1. The van der Waals surface area contributed by atoms with Gasteiger partial charge in [-0.25, -0.2) is 0 Å². The Labute approximate surface area is 215 Å². The molecule has 0 saturated carbocycles. The average Bonchev–Trinajstić information content (AvgIpc) is 3.23. The number of thioether (sulfide) groups is 1. The zero-order valence-corrected chi connectivity index (χ0v) is 21.6. The first-order valence-electron chi connectivity index (χ1n) is 12.4. The van der Waals surface area contributed by atoms with Gasteiger partial charge in [-0.3, -0.25) is 14.4 Å². The number of esters is 1. The molecule has 0 aliphatic carbocycles. The highest BCUT2D eigenvalue weighted by Crippen LogP contribution is 2.65. The van der Waals surface area contributed by atoms with Crippen LogP contribution in [0.2, 0.25) is 0 Å². The van der Waals surface area contributed by atoms with Gasteiger partial charge in [-0.05, 0) is 51.0 Å². The molecule has 0 bridgehead atoms. The Morgan fingerprint density at radius 3 is 2.58 bits per heavy atom. The zero-order chi connectivity index (χ0) is 25.7. The van der Waals surface area contributed by atoms with E-state index in [2.05, 4.69) is 6.08 Å². The smallest absolute Gasteiger partial charge is 0.311 e. The van der Waals surface area contributed by atoms with E-state index in [-0.39, 0.29) is 18.4 Å². The number of cyclic esters (lactones) is 1. The molecule has 1 aromatic rings. The van der Waals surface area contributed by atoms with Crippen molar-refractivity contribution >= 4 is 35.2 Å². The average molecular weight is 513 g/mol. The summed E-state index contributed by atoms with van der Waals surface area (Å²) < 4.78 is 9.20. The Balaban J connectivity index is 1.64. The third kappa shape index (κ3) is 3.66. The Bertz CT molecular complexity index is 1120. The Hall–Kier alpha value is -2.78. The van der Waals surface area contributed by atoms with Crippen LogP contribution in [0.3, 0.4) is 0 Å². The second-order valence-corrected chi connectivity index (χ2v) is 11.8. The quantitative estimate of drug-likeness (QED) is 0.489. The third-order valence-electron chi connectivity index (χ3n) is 7.81. The summed E-state index contributed by atoms with van der Waals surface area (Å²) >= 11 is 1.50. The summed E-state index contributed by atoms with van der Waals surface area (Å²) in [6.45, 7) is 4.04. The molecule has 1 N–H and O–H groups in total. The van der Waals surface area contributed by atoms with E-state index in [0.29, 0.717) is 24.6 Å². The van der Waals surface area contributed by atoms with Gasteiger partial charge in [0.15, 0.2) is 0 Å². The Kier molecular flexibility index (Phi) is 6.41. The van der Waals surface area contributed by atoms with Gasteiger partial charge in [0.2, 0.25) is 5.91 Å². The second-order valence-electron chi connectivity index (χ2n) is 10.0. The molecule has 4 aliphatic heterocycles. The summed E-state index contributed by atoms with van der Waals surface area (Å²) in [5, 5.41) is 10.1. The lowest BCUT2D eigenvalue weighted by Crippen LogP contribution is -2.56. The van der Waals surface area contributed by atoms with Gasteiger partial charge in [0.1, 0.15) is 11.8 Å². The van der Waals surface area contributed by atoms with Crippen molar-refractivity contribution in [3.05, 3.63) is 48.6 Å². The van der Waals surface area contributed by atoms with E-state index in [9.17, 15) is 19.5 Å². The fraction of sp³-hybridized carbons (Fsp3) is 0.519. The molecule has 9 heteroatoms. The monoisotopic (exact) mass is 512 g/mol. The van der Waals surface area contributed by atoms with Crippen LogP contribution in [0.4, 0.5) is 5.69 Å². The first kappa shape index (κ1) is 24.9. The SMILES string of the molecule is COc1ccc(N2CC=C[C@]34S[C@]5(C)/C=C\CCCOC(=O)[C@@H]5[C@H]3C(=O)N([C@H](C)CO)C4C2=O)cc1. The molecular formula is C27H32N2O6S. The topological polar surface area (TPSA) is 96.4 Å². The number of hydrogen-bond donors (Lipinski definition) is 1. The van der Waals surface area contributed by atoms with Crippen molar-refractivity contribution in [3.8, 4) is 5.75 Å². The summed E-state index contributed by atoms with van der Waals surface area (Å²) in [6.07, 6.45) is 9.47. The summed E-state index contributed by atoms with van der Waals surface area (Å²) in [6, 6.07) is 5.75. The van der Waals surface area contributed by atoms with Crippen LogP contribution in [-0.2, 0) is 19.1 Å². The summed E-state index contributed by atoms with van der Waals surface area (Å²) in [7, 11) is 1.58. The lowest BCUT2D eigenvalue weighted by Gasteiger charge is -2.38. The fourth-order valence-electron chi connectivity index (χ4n) is 6.13. The number of aliphatic hydroxyl groups is 1. The van der Waals surface area contributed by atoms with Crippen LogP contribution >= 0.6 is 11.8 Å². The van der Waals surface area contributed by atoms with Crippen LogP contribution in [0.5, 0.6) is 5.75 Å². The first-order chi connectivity index (χ1) is 17.3. The highest BCUT2D eigenvalue weighted by atomic mass is 32.2. The van der Waals surface area contributed by atoms with Gasteiger partial charge in [-0.2, -0.15) is 0 Å². The number of methoxy groups -OCH3 is 1. The maximum atomic E-state index is 14.3. The van der Waals surface area contributed by atoms with Crippen molar-refractivity contribution in [2.75, 3.05) is 31.8 Å². The highest BCUT2D eigenvalue weighted by Gasteiger charge is 2.74. The van der Waals surface area contributed by atoms with Crippen molar-refractivity contribution in [1.82, 2.24) is 4.90 Å². The molecule has 2 amide bonds. The van der Waals surface area contributed by atoms with Crippen molar-refractivity contribution in [2.45, 2.75) is 48.3 Å². The minimum atomic E-state index is -0.971. The molecule has 4 heterocycles. The number of ether oxygens (including phenoxy) is 2. The first-order valence-corrected chi connectivity index (χ1v) is 13.2. The predicted octanol–water partition coefficient (Wildman–Crippen LogP) is 2.56. The summed E-state index contributed by atoms with van der Waals surface area (Å²) in [5.74, 6) is -1.77. The molecule has 6 atom stereocenters. The Morgan fingerprint density at radius 1 is 1.14 bits per heavy atom. The van der Waals surface area contributed by atoms with Crippen molar-refractivity contribution < 1.29 is 29.0 Å². The zero-order valence-electron chi connectivity index (χ0n) is 20.8. The van der Waals surface area contributed by atoms with Crippen LogP contribution < -0.4 is 9.64 Å². The molecule has 1 unspecified atom stereocenters. The lowest BCUT2D eigenvalue weighted by molar-refractivity contribution is -0.154. The van der Waals surface area contributed by atoms with E-state index >= 15 is 0 Å². The van der Waals surface area contributed by atoms with Crippen LogP contribution in [0.15, 0.2) is 48.6 Å². The van der Waals surface area contributed by atoms with E-state index in [1.807, 2.05) is 37.3 Å². The number of aliphatic hydroxyl groups excluding tert-OH is 1. The maximum absolute atomic E-state index is 14.3. The molecule has 8 nitrogen and oxygen atoms in total. The number of carbonyl (C=O) groups excluding carboxylic acids is 3. The van der Waals surface area contributed by atoms with Gasteiger partial charge in [0.05, 0.1) is 42.9 Å². The molecule has 1 aromatic carbocycles. The third-order valence-corrected chi connectivity index (χ3v) is 9.61. The number of rotatable bonds is 4. The van der Waals surface area contributed by atoms with Crippen molar-refractivity contribution in [1.29, 1.82) is 0 Å². The number of amides is 2. The van der Waals surface area contributed by atoms with E-state index < -0.39 is 39.4 Å². The minimum Gasteiger partial charge on any atom is -0.497 e. The number of hydrogen-bond acceptors (Lipinski definition) is 7. The normalized spacial score (nSPS) is 35.6. The van der Waals surface area contributed by atoms with Gasteiger partial charge >= 0.3 is 5.97 Å². The van der Waals surface area contributed by atoms with Crippen molar-refractivity contribution in [2.24, 2.45) is 11.8 Å². The number of fused-ring (bicyclic) bond motifs is 2. The lowest BCUT2D eigenvalue weighted by atomic mass is 9.74. The molecule has 0 aromatic heterocycles. The molecule has 192 valence electrons. The molecule has 2 saturated heterocycles. The highest BCUT2D eigenvalue weighted by molar-refractivity contribution is 8.02. The van der Waals surface area contributed by atoms with E-state index in [1.165, 1.54) is 16.7 Å². The largest absolute Gasteiger partial charge is 0.497 e. The second kappa shape index (κ2) is 9.27. The van der Waals surface area contributed by atoms with Crippen LogP contribution in [0.1, 0.15) is 26.7 Å². The molecular weight excluding hydrogens is 480 g/mol. The van der Waals surface area contributed by atoms with Crippen LogP contribution in [-0.4, -0.2) is 76.2 Å². The standard InChI is InChI=1S/C27H32N2O6S/c1-17(16-30)29-22-24(32)28(18-8-10-19(34-3)11-9-18)14-7-13-27(22)20(23(29)31)21-25(33)35-15-6-4-5-12-26(21,2)36-27/h5,7-13,17,20-22,30H,4,6,14-16H2,1-3H3/b12-5-/t17-,20+,21+,22?,26-,27+/m1/s1. The summed E-state index contributed by atoms with van der Waals surface area (Å²) in [4.78, 5) is 45.0. The van der Waals surface area contributed by atoms with E-state index in [0.717, 1.165) is 12.8 Å². The van der Waals surface area contributed by atoms with Gasteiger partial charge < -0.3 is 24.4 Å². The van der Waals surface area contributed by atoms with Gasteiger partial charge in [-0.1, -0.05) is 24.3 Å². The molecule has 4 aliphatic rings. The number of likely N-dealkylation sites (tertiary alicyclic amines) is 1. The van der Waals surface area contributed by atoms with E-state index in [4.69, 9.17) is 9.47 Å². The Morgan fingerprint density at radius 2 is 1.89 bits per heavy atom. The number of benzene rings is 1. The summed E-state index contributed by atoms with van der Waals surface area (Å²) in [5.41, 5.74) is 0.686. The minimum absolute atomic E-state index is 0.235. The predicted molar refractivity (Wildman–Crippen MR) is 137 cm³/mol. The molecule has 5 rings (SSSR count). The molecule has 2 fully saturated rings. The van der Waals surface area contributed by atoms with Gasteiger partial charge in [-0.15, -0.1) is 11.8 Å². The van der Waals surface area contributed by atoms with Gasteiger partial charge in [0.25, 0.3) is 5.91 Å². The van der Waals surface area contributed by atoms with Gasteiger partial charge in [0, 0.05) is 17.0 Å². The van der Waals surface area contributed by atoms with Crippen LogP contribution in [0.25, 0.3) is 0 Å². The fourth-order valence-corrected chi connectivity index (χ4v) is 8.27. The number of anilines is 1. The van der Waals surface area contributed by atoms with E-state index in [1.54, 1.807) is 31.1 Å². The number of carbonyl (C=O) groups is 3. The molecule has 1 spiro atoms. The number of nitrogens with zero attached hydrogens (tertiary/aromatic N) is 2. The van der Waals surface area contributed by atoms with Crippen LogP contribution in [0, 0.1) is 11.8 Å². The molecule has 36 heavy (non-hydrogen) atoms. The van der Waals surface area contributed by atoms with Crippen molar-refractivity contribution in [3.63, 3.8) is 0 Å². The molecule has 0 radical (unpaired) electrons.